The number of nitrogens with zero attached hydrogens (tertiary/aromatic N) is 3. The van der Waals surface area contributed by atoms with E-state index in [2.05, 4.69) is 10.4 Å². The summed E-state index contributed by atoms with van der Waals surface area (Å²) in [5.41, 5.74) is 2.47. The van der Waals surface area contributed by atoms with E-state index in [9.17, 15) is 18.0 Å². The molecule has 5 nitrogen and oxygen atoms in total. The molecule has 1 N–H and O–H groups in total. The molecule has 4 aromatic rings. The zero-order valence-electron chi connectivity index (χ0n) is 18.2. The summed E-state index contributed by atoms with van der Waals surface area (Å²) in [6, 6.07) is 13.3. The summed E-state index contributed by atoms with van der Waals surface area (Å²) < 4.78 is 43.1. The summed E-state index contributed by atoms with van der Waals surface area (Å²) in [4.78, 5) is 13.0. The van der Waals surface area contributed by atoms with Gasteiger partial charge in [-0.1, -0.05) is 29.3 Å². The second-order valence-corrected chi connectivity index (χ2v) is 8.50. The first-order chi connectivity index (χ1) is 15.5. The van der Waals surface area contributed by atoms with E-state index in [1.165, 1.54) is 6.07 Å². The van der Waals surface area contributed by atoms with E-state index in [0.29, 0.717) is 10.7 Å². The first-order valence-electron chi connectivity index (χ1n) is 10.3. The van der Waals surface area contributed by atoms with Gasteiger partial charge in [0.1, 0.15) is 0 Å². The molecule has 0 radical (unpaired) electrons. The van der Waals surface area contributed by atoms with Gasteiger partial charge in [0, 0.05) is 29.2 Å². The lowest BCUT2D eigenvalue weighted by Gasteiger charge is -2.13. The van der Waals surface area contributed by atoms with Gasteiger partial charge in [0.25, 0.3) is 0 Å². The molecule has 2 aromatic heterocycles. The van der Waals surface area contributed by atoms with Gasteiger partial charge >= 0.3 is 6.18 Å². The third kappa shape index (κ3) is 4.61. The van der Waals surface area contributed by atoms with Crippen molar-refractivity contribution in [3.05, 3.63) is 82.3 Å². The van der Waals surface area contributed by atoms with Crippen LogP contribution in [0.25, 0.3) is 16.6 Å². The number of aryl methyl sites for hydroxylation is 2. The van der Waals surface area contributed by atoms with Gasteiger partial charge in [-0.25, -0.2) is 4.68 Å². The van der Waals surface area contributed by atoms with Crippen LogP contribution < -0.4 is 5.32 Å². The molecule has 2 heterocycles. The van der Waals surface area contributed by atoms with E-state index in [1.54, 1.807) is 25.1 Å². The topological polar surface area (TPSA) is 51.9 Å². The molecule has 4 rings (SSSR count). The van der Waals surface area contributed by atoms with Crippen LogP contribution >= 0.6 is 11.6 Å². The molecule has 172 valence electrons. The van der Waals surface area contributed by atoms with Crippen molar-refractivity contribution in [1.29, 1.82) is 0 Å². The maximum atomic E-state index is 13.3. The molecule has 0 aliphatic heterocycles. The maximum Gasteiger partial charge on any atom is 0.435 e. The summed E-state index contributed by atoms with van der Waals surface area (Å²) in [6.07, 6.45) is -2.71. The Morgan fingerprint density at radius 3 is 2.64 bits per heavy atom. The Balaban J connectivity index is 1.61. The average molecular weight is 475 g/mol. The molecule has 33 heavy (non-hydrogen) atoms. The molecule has 2 aromatic carbocycles. The van der Waals surface area contributed by atoms with E-state index >= 15 is 0 Å². The predicted molar refractivity (Wildman–Crippen MR) is 121 cm³/mol. The zero-order valence-corrected chi connectivity index (χ0v) is 19.0. The molecule has 0 fully saturated rings. The van der Waals surface area contributed by atoms with Gasteiger partial charge in [0.05, 0.1) is 23.8 Å². The summed E-state index contributed by atoms with van der Waals surface area (Å²) in [6.45, 7) is 3.64. The molecule has 0 aliphatic carbocycles. The largest absolute Gasteiger partial charge is 0.435 e. The second-order valence-electron chi connectivity index (χ2n) is 8.07. The lowest BCUT2D eigenvalue weighted by molar-refractivity contribution is -0.141. The molecule has 0 aliphatic rings. The number of nitrogens with one attached hydrogen (secondary N) is 1. The minimum Gasteiger partial charge on any atom is -0.350 e. The lowest BCUT2D eigenvalue weighted by atomic mass is 9.98. The molecule has 0 spiro atoms. The molecule has 1 atom stereocenters. The molecule has 9 heteroatoms. The minimum absolute atomic E-state index is 0.122. The van der Waals surface area contributed by atoms with Gasteiger partial charge in [0.15, 0.2) is 5.69 Å². The summed E-state index contributed by atoms with van der Waals surface area (Å²) in [5, 5.41) is 7.81. The SMILES string of the molecule is Cc1ccc2c(c1)c(C(C)C(=O)NCc1cc(C(F)(F)F)nn1-c1cccc(Cl)c1)cn2C. The molecular weight excluding hydrogens is 453 g/mol. The number of amides is 1. The number of carbonyl (C=O) groups excluding carboxylic acids is 1. The molecule has 0 saturated heterocycles. The first-order valence-corrected chi connectivity index (χ1v) is 10.7. The fourth-order valence-electron chi connectivity index (χ4n) is 3.87. The van der Waals surface area contributed by atoms with E-state index in [0.717, 1.165) is 32.8 Å². The summed E-state index contributed by atoms with van der Waals surface area (Å²) >= 11 is 6.01. The highest BCUT2D eigenvalue weighted by Crippen LogP contribution is 2.31. The van der Waals surface area contributed by atoms with Gasteiger partial charge in [-0.15, -0.1) is 0 Å². The van der Waals surface area contributed by atoms with Crippen molar-refractivity contribution in [2.45, 2.75) is 32.5 Å². The van der Waals surface area contributed by atoms with Crippen LogP contribution in [0.15, 0.2) is 54.7 Å². The van der Waals surface area contributed by atoms with Gasteiger partial charge in [-0.3, -0.25) is 4.79 Å². The van der Waals surface area contributed by atoms with Crippen LogP contribution in [-0.2, 0) is 24.6 Å². The van der Waals surface area contributed by atoms with Crippen molar-refractivity contribution in [2.75, 3.05) is 0 Å². The Hall–Kier alpha value is -3.26. The highest BCUT2D eigenvalue weighted by Gasteiger charge is 2.35. The lowest BCUT2D eigenvalue weighted by Crippen LogP contribution is -2.28. The van der Waals surface area contributed by atoms with E-state index < -0.39 is 17.8 Å². The third-order valence-electron chi connectivity index (χ3n) is 5.61. The molecule has 0 bridgehead atoms. The number of aromatic nitrogens is 3. The van der Waals surface area contributed by atoms with Crippen molar-refractivity contribution < 1.29 is 18.0 Å². The molecular formula is C24H22ClF3N4O. The van der Waals surface area contributed by atoms with Crippen LogP contribution in [0.1, 0.15) is 35.4 Å². The Morgan fingerprint density at radius 2 is 1.94 bits per heavy atom. The number of benzene rings is 2. The van der Waals surface area contributed by atoms with Crippen molar-refractivity contribution in [1.82, 2.24) is 19.7 Å². The number of halogens is 4. The van der Waals surface area contributed by atoms with Gasteiger partial charge in [0.2, 0.25) is 5.91 Å². The molecule has 0 saturated carbocycles. The summed E-state index contributed by atoms with van der Waals surface area (Å²) in [5.74, 6) is -0.795. The van der Waals surface area contributed by atoms with Gasteiger partial charge in [-0.2, -0.15) is 18.3 Å². The van der Waals surface area contributed by atoms with E-state index in [-0.39, 0.29) is 18.1 Å². The van der Waals surface area contributed by atoms with Gasteiger partial charge in [-0.05, 0) is 55.8 Å². The first kappa shape index (κ1) is 22.9. The Labute approximate surface area is 193 Å². The Kier molecular flexibility index (Phi) is 5.97. The van der Waals surface area contributed by atoms with Crippen molar-refractivity contribution in [2.24, 2.45) is 7.05 Å². The maximum absolute atomic E-state index is 13.3. The molecule has 1 unspecified atom stereocenters. The van der Waals surface area contributed by atoms with Crippen LogP contribution in [0.2, 0.25) is 5.02 Å². The van der Waals surface area contributed by atoms with Crippen LogP contribution in [0.5, 0.6) is 0 Å². The predicted octanol–water partition coefficient (Wildman–Crippen LogP) is 5.76. The number of fused-ring (bicyclic) bond motifs is 1. The Morgan fingerprint density at radius 1 is 1.18 bits per heavy atom. The fourth-order valence-corrected chi connectivity index (χ4v) is 4.05. The van der Waals surface area contributed by atoms with Crippen LogP contribution in [-0.4, -0.2) is 20.3 Å². The number of hydrogen-bond donors (Lipinski definition) is 1. The fraction of sp³-hybridized carbons (Fsp3) is 0.250. The van der Waals surface area contributed by atoms with Crippen LogP contribution in [0.3, 0.4) is 0 Å². The van der Waals surface area contributed by atoms with E-state index in [4.69, 9.17) is 11.6 Å². The Bertz CT molecular complexity index is 1340. The van der Waals surface area contributed by atoms with Crippen molar-refractivity contribution >= 4 is 28.4 Å². The second kappa shape index (κ2) is 8.59. The summed E-state index contributed by atoms with van der Waals surface area (Å²) in [7, 11) is 1.91. The number of rotatable bonds is 5. The number of carbonyl (C=O) groups is 1. The normalized spacial score (nSPS) is 12.8. The van der Waals surface area contributed by atoms with Crippen LogP contribution in [0, 0.1) is 6.92 Å². The highest BCUT2D eigenvalue weighted by molar-refractivity contribution is 6.30. The average Bonchev–Trinajstić information content (AvgIpc) is 3.33. The zero-order chi connectivity index (χ0) is 23.9. The molecule has 1 amide bonds. The number of alkyl halides is 3. The monoisotopic (exact) mass is 474 g/mol. The van der Waals surface area contributed by atoms with Crippen LogP contribution in [0.4, 0.5) is 13.2 Å². The number of hydrogen-bond acceptors (Lipinski definition) is 2. The third-order valence-corrected chi connectivity index (χ3v) is 5.84. The van der Waals surface area contributed by atoms with Crippen molar-refractivity contribution in [3.8, 4) is 5.69 Å². The quantitative estimate of drug-likeness (QED) is 0.399. The van der Waals surface area contributed by atoms with Crippen molar-refractivity contribution in [3.63, 3.8) is 0 Å². The van der Waals surface area contributed by atoms with E-state index in [1.807, 2.05) is 42.9 Å². The highest BCUT2D eigenvalue weighted by atomic mass is 35.5. The standard InChI is InChI=1S/C24H22ClF3N4O/c1-14-7-8-21-19(9-14)20(13-31(21)3)15(2)23(33)29-12-18-11-22(24(26,27)28)30-32(18)17-6-4-5-16(25)10-17/h4-11,13,15H,12H2,1-3H3,(H,29,33). The smallest absolute Gasteiger partial charge is 0.350 e. The van der Waals surface area contributed by atoms with Gasteiger partial charge < -0.3 is 9.88 Å². The minimum atomic E-state index is -4.61.